The Morgan fingerprint density at radius 2 is 1.92 bits per heavy atom. The van der Waals surface area contributed by atoms with E-state index in [1.165, 1.54) is 23.1 Å². The zero-order chi connectivity index (χ0) is 16.9. The van der Waals surface area contributed by atoms with E-state index >= 15 is 0 Å². The minimum atomic E-state index is 0.119. The number of aryl methyl sites for hydroxylation is 2. The van der Waals surface area contributed by atoms with E-state index in [2.05, 4.69) is 15.5 Å². The van der Waals surface area contributed by atoms with E-state index in [4.69, 9.17) is 0 Å². The van der Waals surface area contributed by atoms with E-state index in [0.29, 0.717) is 5.75 Å². The number of benzene rings is 2. The lowest BCUT2D eigenvalue weighted by Gasteiger charge is -2.05. The molecule has 0 saturated carbocycles. The Labute approximate surface area is 149 Å². The average Bonchev–Trinajstić information content (AvgIpc) is 3.03. The summed E-state index contributed by atoms with van der Waals surface area (Å²) >= 11 is 2.87. The van der Waals surface area contributed by atoms with Gasteiger partial charge in [-0.15, -0.1) is 10.2 Å². The zero-order valence-electron chi connectivity index (χ0n) is 13.4. The van der Waals surface area contributed by atoms with Gasteiger partial charge in [0.2, 0.25) is 5.13 Å². The van der Waals surface area contributed by atoms with E-state index in [1.807, 2.05) is 62.4 Å². The van der Waals surface area contributed by atoms with Gasteiger partial charge in [-0.05, 0) is 37.6 Å². The lowest BCUT2D eigenvalue weighted by Crippen LogP contribution is -2.05. The van der Waals surface area contributed by atoms with E-state index in [1.54, 1.807) is 0 Å². The van der Waals surface area contributed by atoms with Crippen LogP contribution in [-0.2, 0) is 0 Å². The van der Waals surface area contributed by atoms with Gasteiger partial charge in [0.15, 0.2) is 10.1 Å². The molecule has 0 saturated heterocycles. The predicted octanol–water partition coefficient (Wildman–Crippen LogP) is 4.87. The number of hydrogen-bond donors (Lipinski definition) is 1. The summed E-state index contributed by atoms with van der Waals surface area (Å²) < 4.78 is 0.784. The fourth-order valence-corrected chi connectivity index (χ4v) is 3.86. The van der Waals surface area contributed by atoms with Crippen molar-refractivity contribution in [3.8, 4) is 0 Å². The predicted molar refractivity (Wildman–Crippen MR) is 101 cm³/mol. The second kappa shape index (κ2) is 7.59. The number of thioether (sulfide) groups is 1. The number of para-hydroxylation sites is 1. The summed E-state index contributed by atoms with van der Waals surface area (Å²) in [5.74, 6) is 0.485. The molecule has 6 heteroatoms. The van der Waals surface area contributed by atoms with Gasteiger partial charge in [0.25, 0.3) is 0 Å². The number of ketones is 1. The normalized spacial score (nSPS) is 10.6. The van der Waals surface area contributed by atoms with Crippen molar-refractivity contribution >= 4 is 39.7 Å². The van der Waals surface area contributed by atoms with Crippen molar-refractivity contribution in [3.05, 3.63) is 65.2 Å². The van der Waals surface area contributed by atoms with Crippen molar-refractivity contribution < 1.29 is 4.79 Å². The van der Waals surface area contributed by atoms with Gasteiger partial charge >= 0.3 is 0 Å². The van der Waals surface area contributed by atoms with Gasteiger partial charge in [-0.2, -0.15) is 0 Å². The number of nitrogens with one attached hydrogen (secondary N) is 1. The largest absolute Gasteiger partial charge is 0.330 e. The Kier molecular flexibility index (Phi) is 5.27. The molecule has 122 valence electrons. The minimum Gasteiger partial charge on any atom is -0.330 e. The standard InChI is InChI=1S/C18H17N3OS2/c1-12-8-9-13(2)15(10-12)16(22)11-23-18-21-20-17(24-18)19-14-6-4-3-5-7-14/h3-10H,11H2,1-2H3,(H,19,20). The molecule has 0 aliphatic carbocycles. The topological polar surface area (TPSA) is 54.9 Å². The highest BCUT2D eigenvalue weighted by molar-refractivity contribution is 8.01. The molecule has 0 aliphatic heterocycles. The second-order valence-corrected chi connectivity index (χ2v) is 7.59. The molecule has 3 rings (SSSR count). The fourth-order valence-electron chi connectivity index (χ4n) is 2.20. The molecule has 1 aromatic heterocycles. The minimum absolute atomic E-state index is 0.119. The van der Waals surface area contributed by atoms with Crippen LogP contribution in [0, 0.1) is 13.8 Å². The van der Waals surface area contributed by atoms with Gasteiger partial charge < -0.3 is 5.32 Å². The van der Waals surface area contributed by atoms with Crippen molar-refractivity contribution in [2.75, 3.05) is 11.1 Å². The Morgan fingerprint density at radius 3 is 2.71 bits per heavy atom. The Balaban J connectivity index is 1.61. The molecule has 0 spiro atoms. The molecule has 1 heterocycles. The number of Topliss-reactive ketones (excluding diaryl/α,β-unsaturated/α-hetero) is 1. The summed E-state index contributed by atoms with van der Waals surface area (Å²) in [5.41, 5.74) is 3.86. The van der Waals surface area contributed by atoms with Crippen molar-refractivity contribution in [2.24, 2.45) is 0 Å². The molecule has 0 bridgehead atoms. The number of carbonyl (C=O) groups is 1. The van der Waals surface area contributed by atoms with Crippen molar-refractivity contribution in [1.29, 1.82) is 0 Å². The highest BCUT2D eigenvalue weighted by Crippen LogP contribution is 2.28. The van der Waals surface area contributed by atoms with Crippen LogP contribution in [0.2, 0.25) is 0 Å². The van der Waals surface area contributed by atoms with Crippen LogP contribution in [0.1, 0.15) is 21.5 Å². The summed E-state index contributed by atoms with van der Waals surface area (Å²) in [6.45, 7) is 3.96. The van der Waals surface area contributed by atoms with Crippen LogP contribution in [0.4, 0.5) is 10.8 Å². The molecule has 0 radical (unpaired) electrons. The quantitative estimate of drug-likeness (QED) is 0.505. The third kappa shape index (κ3) is 4.21. The van der Waals surface area contributed by atoms with Crippen molar-refractivity contribution in [3.63, 3.8) is 0 Å². The molecular formula is C18H17N3OS2. The van der Waals surface area contributed by atoms with E-state index in [0.717, 1.165) is 31.8 Å². The van der Waals surface area contributed by atoms with Crippen LogP contribution < -0.4 is 5.32 Å². The molecule has 0 unspecified atom stereocenters. The van der Waals surface area contributed by atoms with Gasteiger partial charge in [-0.1, -0.05) is 59.0 Å². The number of rotatable bonds is 6. The third-order valence-electron chi connectivity index (χ3n) is 3.45. The van der Waals surface area contributed by atoms with Gasteiger partial charge in [-0.25, -0.2) is 0 Å². The Morgan fingerprint density at radius 1 is 1.12 bits per heavy atom. The van der Waals surface area contributed by atoms with E-state index in [9.17, 15) is 4.79 Å². The van der Waals surface area contributed by atoms with Crippen LogP contribution >= 0.6 is 23.1 Å². The first-order chi connectivity index (χ1) is 11.6. The number of nitrogens with zero attached hydrogens (tertiary/aromatic N) is 2. The number of hydrogen-bond acceptors (Lipinski definition) is 6. The molecule has 0 fully saturated rings. The molecule has 0 amide bonds. The van der Waals surface area contributed by atoms with Crippen LogP contribution in [0.15, 0.2) is 52.9 Å². The highest BCUT2D eigenvalue weighted by Gasteiger charge is 2.12. The van der Waals surface area contributed by atoms with Gasteiger partial charge in [0.1, 0.15) is 0 Å². The summed E-state index contributed by atoms with van der Waals surface area (Å²) in [7, 11) is 0. The SMILES string of the molecule is Cc1ccc(C)c(C(=O)CSc2nnc(Nc3ccccc3)s2)c1. The monoisotopic (exact) mass is 355 g/mol. The Bertz CT molecular complexity index is 846. The van der Waals surface area contributed by atoms with Crippen LogP contribution in [0.25, 0.3) is 0 Å². The van der Waals surface area contributed by atoms with Crippen molar-refractivity contribution in [2.45, 2.75) is 18.2 Å². The molecule has 4 nitrogen and oxygen atoms in total. The summed E-state index contributed by atoms with van der Waals surface area (Å²) in [4.78, 5) is 12.4. The molecule has 3 aromatic rings. The number of anilines is 2. The number of aromatic nitrogens is 2. The summed E-state index contributed by atoms with van der Waals surface area (Å²) in [6, 6.07) is 15.8. The first-order valence-electron chi connectivity index (χ1n) is 7.50. The maximum Gasteiger partial charge on any atom is 0.210 e. The Hall–Kier alpha value is -2.18. The molecular weight excluding hydrogens is 338 g/mol. The van der Waals surface area contributed by atoms with Gasteiger partial charge in [-0.3, -0.25) is 4.79 Å². The van der Waals surface area contributed by atoms with Crippen LogP contribution in [-0.4, -0.2) is 21.7 Å². The molecule has 0 atom stereocenters. The van der Waals surface area contributed by atoms with Crippen LogP contribution in [0.5, 0.6) is 0 Å². The van der Waals surface area contributed by atoms with Crippen molar-refractivity contribution in [1.82, 2.24) is 10.2 Å². The first kappa shape index (κ1) is 16.7. The average molecular weight is 355 g/mol. The maximum atomic E-state index is 12.4. The first-order valence-corrected chi connectivity index (χ1v) is 9.31. The van der Waals surface area contributed by atoms with Gasteiger partial charge in [0.05, 0.1) is 5.75 Å². The second-order valence-electron chi connectivity index (χ2n) is 5.39. The highest BCUT2D eigenvalue weighted by atomic mass is 32.2. The van der Waals surface area contributed by atoms with E-state index < -0.39 is 0 Å². The number of carbonyl (C=O) groups excluding carboxylic acids is 1. The third-order valence-corrected chi connectivity index (χ3v) is 5.42. The molecule has 1 N–H and O–H groups in total. The summed E-state index contributed by atoms with van der Waals surface area (Å²) in [6.07, 6.45) is 0. The zero-order valence-corrected chi connectivity index (χ0v) is 15.1. The lowest BCUT2D eigenvalue weighted by molar-refractivity contribution is 0.102. The van der Waals surface area contributed by atoms with E-state index in [-0.39, 0.29) is 5.78 Å². The smallest absolute Gasteiger partial charge is 0.210 e. The lowest BCUT2D eigenvalue weighted by atomic mass is 10.0. The fraction of sp³-hybridized carbons (Fsp3) is 0.167. The van der Waals surface area contributed by atoms with Crippen LogP contribution in [0.3, 0.4) is 0 Å². The molecule has 0 aliphatic rings. The molecule has 2 aromatic carbocycles. The van der Waals surface area contributed by atoms with Gasteiger partial charge in [0, 0.05) is 11.3 Å². The maximum absolute atomic E-state index is 12.4. The molecule has 24 heavy (non-hydrogen) atoms. The summed E-state index contributed by atoms with van der Waals surface area (Å²) in [5, 5.41) is 12.2.